The second-order valence-electron chi connectivity index (χ2n) is 5.85. The fraction of sp³-hybridized carbons (Fsp3) is 0.158. The van der Waals surface area contributed by atoms with E-state index < -0.39 is 0 Å². The summed E-state index contributed by atoms with van der Waals surface area (Å²) < 4.78 is 1.88. The number of nitrogens with one attached hydrogen (secondary N) is 2. The zero-order valence-electron chi connectivity index (χ0n) is 14.0. The van der Waals surface area contributed by atoms with Crippen LogP contribution in [0.25, 0.3) is 0 Å². The van der Waals surface area contributed by atoms with Gasteiger partial charge in [0.2, 0.25) is 0 Å². The second kappa shape index (κ2) is 7.40. The maximum absolute atomic E-state index is 12.5. The molecular formula is C19H19ClN4O. The molecule has 0 unspecified atom stereocenters. The van der Waals surface area contributed by atoms with Gasteiger partial charge in [-0.25, -0.2) is 9.78 Å². The van der Waals surface area contributed by atoms with Gasteiger partial charge in [0.05, 0.1) is 0 Å². The lowest BCUT2D eigenvalue weighted by Gasteiger charge is -2.19. The minimum absolute atomic E-state index is 0.299. The van der Waals surface area contributed by atoms with Gasteiger partial charge in [-0.2, -0.15) is 0 Å². The van der Waals surface area contributed by atoms with Crippen molar-refractivity contribution in [3.63, 3.8) is 0 Å². The fourth-order valence-electron chi connectivity index (χ4n) is 2.54. The maximum atomic E-state index is 12.5. The van der Waals surface area contributed by atoms with Crippen molar-refractivity contribution in [1.29, 1.82) is 0 Å². The highest BCUT2D eigenvalue weighted by Crippen LogP contribution is 2.22. The van der Waals surface area contributed by atoms with Crippen LogP contribution < -0.4 is 10.6 Å². The molecule has 128 valence electrons. The SMILES string of the molecule is Cc1ccc(NC(=O)N[C@@H](c2ccc(Cl)cc2)c2nccn2C)cc1. The number of carbonyl (C=O) groups is 1. The molecule has 1 aromatic heterocycles. The number of urea groups is 1. The molecule has 0 saturated carbocycles. The molecular weight excluding hydrogens is 336 g/mol. The highest BCUT2D eigenvalue weighted by molar-refractivity contribution is 6.30. The standard InChI is InChI=1S/C19H19ClN4O/c1-13-3-9-16(10-4-13)22-19(25)23-17(18-21-11-12-24(18)2)14-5-7-15(20)8-6-14/h3-12,17H,1-2H3,(H2,22,23,25)/t17-/m0/s1. The first kappa shape index (κ1) is 17.0. The van der Waals surface area contributed by atoms with Crippen molar-refractivity contribution in [2.45, 2.75) is 13.0 Å². The van der Waals surface area contributed by atoms with Gasteiger partial charge >= 0.3 is 6.03 Å². The largest absolute Gasteiger partial charge is 0.336 e. The van der Waals surface area contributed by atoms with Crippen LogP contribution >= 0.6 is 11.6 Å². The maximum Gasteiger partial charge on any atom is 0.320 e. The molecule has 0 radical (unpaired) electrons. The predicted octanol–water partition coefficient (Wildman–Crippen LogP) is 4.29. The number of benzene rings is 2. The Balaban J connectivity index is 1.82. The van der Waals surface area contributed by atoms with Gasteiger partial charge in [0.15, 0.2) is 0 Å². The molecule has 2 aromatic carbocycles. The van der Waals surface area contributed by atoms with E-state index >= 15 is 0 Å². The molecule has 0 aliphatic heterocycles. The molecule has 3 aromatic rings. The zero-order chi connectivity index (χ0) is 17.8. The first-order valence-corrected chi connectivity index (χ1v) is 8.27. The van der Waals surface area contributed by atoms with Crippen molar-refractivity contribution in [2.24, 2.45) is 7.05 Å². The minimum atomic E-state index is -0.386. The Kier molecular flexibility index (Phi) is 5.05. The summed E-state index contributed by atoms with van der Waals surface area (Å²) in [5.74, 6) is 0.737. The summed E-state index contributed by atoms with van der Waals surface area (Å²) in [6, 6.07) is 14.3. The highest BCUT2D eigenvalue weighted by atomic mass is 35.5. The van der Waals surface area contributed by atoms with Gasteiger partial charge in [0.25, 0.3) is 0 Å². The molecule has 0 spiro atoms. The number of hydrogen-bond acceptors (Lipinski definition) is 2. The molecule has 0 aliphatic rings. The molecule has 2 N–H and O–H groups in total. The van der Waals surface area contributed by atoms with Crippen LogP contribution in [0.5, 0.6) is 0 Å². The Bertz CT molecular complexity index is 856. The summed E-state index contributed by atoms with van der Waals surface area (Å²) in [6.45, 7) is 2.00. The second-order valence-corrected chi connectivity index (χ2v) is 6.28. The van der Waals surface area contributed by atoms with Crippen molar-refractivity contribution in [3.05, 3.63) is 82.9 Å². The van der Waals surface area contributed by atoms with E-state index in [9.17, 15) is 4.79 Å². The molecule has 1 atom stereocenters. The molecule has 0 bridgehead atoms. The molecule has 0 aliphatic carbocycles. The van der Waals surface area contributed by atoms with Gasteiger partial charge < -0.3 is 15.2 Å². The summed E-state index contributed by atoms with van der Waals surface area (Å²) >= 11 is 5.98. The van der Waals surface area contributed by atoms with E-state index in [1.807, 2.05) is 61.1 Å². The number of hydrogen-bond donors (Lipinski definition) is 2. The lowest BCUT2D eigenvalue weighted by atomic mass is 10.1. The Labute approximate surface area is 151 Å². The third kappa shape index (κ3) is 4.19. The summed E-state index contributed by atoms with van der Waals surface area (Å²) in [7, 11) is 1.89. The number of anilines is 1. The summed E-state index contributed by atoms with van der Waals surface area (Å²) in [5.41, 5.74) is 2.77. The number of amides is 2. The molecule has 5 nitrogen and oxygen atoms in total. The zero-order valence-corrected chi connectivity index (χ0v) is 14.8. The lowest BCUT2D eigenvalue weighted by molar-refractivity contribution is 0.249. The average Bonchev–Trinajstić information content (AvgIpc) is 3.01. The van der Waals surface area contributed by atoms with Crippen molar-refractivity contribution < 1.29 is 4.79 Å². The normalized spacial score (nSPS) is 11.8. The van der Waals surface area contributed by atoms with Crippen molar-refractivity contribution in [3.8, 4) is 0 Å². The molecule has 0 fully saturated rings. The number of rotatable bonds is 4. The quantitative estimate of drug-likeness (QED) is 0.734. The number of imidazole rings is 1. The number of carbonyl (C=O) groups excluding carboxylic acids is 1. The van der Waals surface area contributed by atoms with Crippen LogP contribution in [0.2, 0.25) is 5.02 Å². The lowest BCUT2D eigenvalue weighted by Crippen LogP contribution is -2.34. The highest BCUT2D eigenvalue weighted by Gasteiger charge is 2.20. The van der Waals surface area contributed by atoms with Gasteiger partial charge in [0.1, 0.15) is 11.9 Å². The molecule has 6 heteroatoms. The molecule has 2 amide bonds. The van der Waals surface area contributed by atoms with Crippen LogP contribution in [0.4, 0.5) is 10.5 Å². The van der Waals surface area contributed by atoms with Crippen LogP contribution in [0.1, 0.15) is 23.0 Å². The van der Waals surface area contributed by atoms with Gasteiger partial charge in [-0.15, -0.1) is 0 Å². The Hall–Kier alpha value is -2.79. The third-order valence-corrected chi connectivity index (χ3v) is 4.16. The Morgan fingerprint density at radius 1 is 1.12 bits per heavy atom. The predicted molar refractivity (Wildman–Crippen MR) is 99.8 cm³/mol. The number of aromatic nitrogens is 2. The third-order valence-electron chi connectivity index (χ3n) is 3.90. The minimum Gasteiger partial charge on any atom is -0.336 e. The van der Waals surface area contributed by atoms with Crippen molar-refractivity contribution >= 4 is 23.3 Å². The summed E-state index contributed by atoms with van der Waals surface area (Å²) in [5, 5.41) is 6.48. The molecule has 3 rings (SSSR count). The van der Waals surface area contributed by atoms with Crippen LogP contribution in [-0.2, 0) is 7.05 Å². The van der Waals surface area contributed by atoms with Crippen molar-refractivity contribution in [2.75, 3.05) is 5.32 Å². The van der Waals surface area contributed by atoms with E-state index in [1.54, 1.807) is 18.3 Å². The van der Waals surface area contributed by atoms with Gasteiger partial charge in [-0.3, -0.25) is 0 Å². The molecule has 1 heterocycles. The van der Waals surface area contributed by atoms with E-state index in [2.05, 4.69) is 15.6 Å². The van der Waals surface area contributed by atoms with Gasteiger partial charge in [-0.1, -0.05) is 41.4 Å². The number of halogens is 1. The van der Waals surface area contributed by atoms with Crippen LogP contribution in [0.15, 0.2) is 60.9 Å². The average molecular weight is 355 g/mol. The summed E-state index contributed by atoms with van der Waals surface area (Å²) in [6.07, 6.45) is 3.55. The Morgan fingerprint density at radius 2 is 1.80 bits per heavy atom. The smallest absolute Gasteiger partial charge is 0.320 e. The molecule has 25 heavy (non-hydrogen) atoms. The summed E-state index contributed by atoms with van der Waals surface area (Å²) in [4.78, 5) is 16.8. The molecule has 0 saturated heterocycles. The first-order valence-electron chi connectivity index (χ1n) is 7.90. The first-order chi connectivity index (χ1) is 12.0. The van der Waals surface area contributed by atoms with E-state index in [1.165, 1.54) is 0 Å². The van der Waals surface area contributed by atoms with Crippen LogP contribution in [0.3, 0.4) is 0 Å². The number of nitrogens with zero attached hydrogens (tertiary/aromatic N) is 2. The van der Waals surface area contributed by atoms with E-state index in [-0.39, 0.29) is 12.1 Å². The number of aryl methyl sites for hydroxylation is 2. The van der Waals surface area contributed by atoms with Gasteiger partial charge in [-0.05, 0) is 36.8 Å². The van der Waals surface area contributed by atoms with Crippen LogP contribution in [-0.4, -0.2) is 15.6 Å². The topological polar surface area (TPSA) is 59.0 Å². The van der Waals surface area contributed by atoms with Gasteiger partial charge in [0, 0.05) is 30.2 Å². The monoisotopic (exact) mass is 354 g/mol. The Morgan fingerprint density at radius 3 is 2.40 bits per heavy atom. The van der Waals surface area contributed by atoms with E-state index in [4.69, 9.17) is 11.6 Å². The van der Waals surface area contributed by atoms with E-state index in [0.717, 1.165) is 22.6 Å². The fourth-order valence-corrected chi connectivity index (χ4v) is 2.67. The van der Waals surface area contributed by atoms with Crippen LogP contribution in [0, 0.1) is 6.92 Å². The van der Waals surface area contributed by atoms with E-state index in [0.29, 0.717) is 5.02 Å². The van der Waals surface area contributed by atoms with Crippen molar-refractivity contribution in [1.82, 2.24) is 14.9 Å².